The Balaban J connectivity index is -0.00000101. The summed E-state index contributed by atoms with van der Waals surface area (Å²) in [5.74, 6) is 4.54. The predicted octanol–water partition coefficient (Wildman–Crippen LogP) is 23.8. The molecule has 9 aromatic carbocycles. The number of hydrogen-bond donors (Lipinski definition) is 5. The maximum Gasteiger partial charge on any atom is 0.416 e. The Morgan fingerprint density at radius 1 is 0.448 bits per heavy atom. The molecular formula is C82H115ClF3N3O6S. The van der Waals surface area contributed by atoms with E-state index in [0.29, 0.717) is 33.6 Å². The molecule has 0 aromatic heterocycles. The summed E-state index contributed by atoms with van der Waals surface area (Å²) in [4.78, 5) is 0.294. The minimum absolute atomic E-state index is 0.139. The van der Waals surface area contributed by atoms with E-state index in [1.807, 2.05) is 191 Å². The molecule has 0 radical (unpaired) electrons. The van der Waals surface area contributed by atoms with Crippen LogP contribution in [0.15, 0.2) is 248 Å². The Hall–Kier alpha value is -8.07. The number of aliphatic hydroxyl groups excluding tert-OH is 1. The summed E-state index contributed by atoms with van der Waals surface area (Å²) in [7, 11) is 5.25. The number of phenols is 1. The van der Waals surface area contributed by atoms with Crippen LogP contribution in [0.1, 0.15) is 179 Å². The Labute approximate surface area is 583 Å². The van der Waals surface area contributed by atoms with Gasteiger partial charge >= 0.3 is 6.18 Å². The van der Waals surface area contributed by atoms with Gasteiger partial charge in [0.2, 0.25) is 10.0 Å². The first-order valence-corrected chi connectivity index (χ1v) is 34.7. The summed E-state index contributed by atoms with van der Waals surface area (Å²) in [5, 5.41) is 24.6. The summed E-state index contributed by atoms with van der Waals surface area (Å²) < 4.78 is 70.8. The van der Waals surface area contributed by atoms with E-state index in [2.05, 4.69) is 125 Å². The van der Waals surface area contributed by atoms with Gasteiger partial charge in [-0.15, -0.1) is 0 Å². The average molecular weight is 1360 g/mol. The molecule has 96 heavy (non-hydrogen) atoms. The van der Waals surface area contributed by atoms with Gasteiger partial charge < -0.3 is 30.3 Å². The first-order chi connectivity index (χ1) is 45.8. The Bertz CT molecular complexity index is 3240. The molecule has 0 aliphatic rings. The van der Waals surface area contributed by atoms with Crippen molar-refractivity contribution in [2.45, 2.75) is 158 Å². The fourth-order valence-corrected chi connectivity index (χ4v) is 8.64. The van der Waals surface area contributed by atoms with Crippen molar-refractivity contribution in [2.24, 2.45) is 0 Å². The predicted molar refractivity (Wildman–Crippen MR) is 409 cm³/mol. The molecule has 0 heterocycles. The molecule has 0 saturated carbocycles. The Kier molecular flexibility index (Phi) is 53.9. The van der Waals surface area contributed by atoms with E-state index in [9.17, 15) is 21.6 Å². The summed E-state index contributed by atoms with van der Waals surface area (Å²) >= 11 is 5.86. The number of rotatable bonds is 12. The highest BCUT2D eigenvalue weighted by Crippen LogP contribution is 2.30. The third-order valence-electron chi connectivity index (χ3n) is 13.0. The number of benzene rings is 9. The van der Waals surface area contributed by atoms with E-state index < -0.39 is 21.8 Å². The molecule has 0 spiro atoms. The minimum Gasteiger partial charge on any atom is -0.508 e. The highest BCUT2D eigenvalue weighted by atomic mass is 35.5. The van der Waals surface area contributed by atoms with Gasteiger partial charge in [0, 0.05) is 24.8 Å². The van der Waals surface area contributed by atoms with Gasteiger partial charge in [-0.1, -0.05) is 292 Å². The zero-order valence-electron chi connectivity index (χ0n) is 61.1. The second kappa shape index (κ2) is 56.1. The summed E-state index contributed by atoms with van der Waals surface area (Å²) in [5.41, 5.74) is 8.70. The lowest BCUT2D eigenvalue weighted by Gasteiger charge is -2.09. The number of phenolic OH excluding ortho intramolecular Hbond substituents is 1. The molecule has 0 fully saturated rings. The highest BCUT2D eigenvalue weighted by Gasteiger charge is 2.30. The van der Waals surface area contributed by atoms with Gasteiger partial charge in [-0.05, 0) is 143 Å². The molecule has 9 nitrogen and oxygen atoms in total. The van der Waals surface area contributed by atoms with Gasteiger partial charge in [0.1, 0.15) is 17.2 Å². The molecule has 9 aromatic rings. The number of halogens is 4. The van der Waals surface area contributed by atoms with Crippen LogP contribution in [-0.2, 0) is 22.8 Å². The van der Waals surface area contributed by atoms with Gasteiger partial charge in [-0.25, -0.2) is 13.1 Å². The monoisotopic (exact) mass is 1360 g/mol. The van der Waals surface area contributed by atoms with Crippen LogP contribution in [0, 0.1) is 0 Å². The summed E-state index contributed by atoms with van der Waals surface area (Å²) in [6, 6.07) is 75.2. The number of hydrogen-bond acceptors (Lipinski definition) is 8. The van der Waals surface area contributed by atoms with E-state index >= 15 is 0 Å². The van der Waals surface area contributed by atoms with Crippen LogP contribution in [0.25, 0.3) is 0 Å². The molecule has 0 aliphatic heterocycles. The average Bonchev–Trinajstić information content (AvgIpc) is 1.03. The summed E-state index contributed by atoms with van der Waals surface area (Å²) in [6.45, 7) is 33.3. The number of sulfonamides is 1. The number of nitrogens with one attached hydrogen (secondary N) is 3. The van der Waals surface area contributed by atoms with Crippen molar-refractivity contribution < 1.29 is 41.3 Å². The fraction of sp³-hybridized carbons (Fsp3) is 0.341. The largest absolute Gasteiger partial charge is 0.508 e. The molecule has 0 bridgehead atoms. The molecule has 0 unspecified atom stereocenters. The van der Waals surface area contributed by atoms with Crippen LogP contribution >= 0.6 is 11.6 Å². The van der Waals surface area contributed by atoms with Crippen molar-refractivity contribution in [3.63, 3.8) is 0 Å². The van der Waals surface area contributed by atoms with E-state index in [4.69, 9.17) is 31.3 Å². The van der Waals surface area contributed by atoms with Gasteiger partial charge in [-0.2, -0.15) is 13.2 Å². The number of methoxy groups -OCH3 is 2. The normalized spacial score (nSPS) is 9.82. The van der Waals surface area contributed by atoms with E-state index in [0.717, 1.165) is 51.7 Å². The zero-order valence-corrected chi connectivity index (χ0v) is 62.7. The standard InChI is InChI=1S/C10H11F3.C10H14O.C9H11ClO.2C9H12.C8H11NO.C7H9NO2S.C7H9N.C7H8O.3C2H6/c1-7(2)8-3-5-9(6-4-8)10(11,12)13;1-8(2)10-5-3-4-9(6-10)7-11;1-6(2)8-4-3-7(11)5-9(8)10;2*1-8(2)9-6-4-3-5-7-9;1-9-7-5-3-4-6-8(7)10-2;1-8-11(9,10)7-5-3-2-4-6-7;2*1-8-7-5-3-2-4-6-7;3*1-2/h3-7H,1-2H3;3-6,8,11H,7H2,1-2H3;3-6,11H,1-2H3;2*3-8H,1-2H3;3-6,9H,1-2H3;2-6,8H,1H3;2-6,8H,1H3;2-6H,1H3;3*1-2H3. The number of ether oxygens (including phenoxy) is 2. The maximum atomic E-state index is 12.1. The molecule has 0 saturated heterocycles. The van der Waals surface area contributed by atoms with Crippen LogP contribution in [0.3, 0.4) is 0 Å². The van der Waals surface area contributed by atoms with Crippen LogP contribution in [-0.4, -0.2) is 54.0 Å². The molecule has 5 N–H and O–H groups in total. The first kappa shape index (κ1) is 92.1. The second-order valence-electron chi connectivity index (χ2n) is 21.4. The van der Waals surface area contributed by atoms with E-state index in [1.165, 1.54) is 35.9 Å². The highest BCUT2D eigenvalue weighted by molar-refractivity contribution is 7.89. The molecule has 14 heteroatoms. The number of alkyl halides is 3. The smallest absolute Gasteiger partial charge is 0.416 e. The lowest BCUT2D eigenvalue weighted by atomic mass is 10.0. The fourth-order valence-electron chi connectivity index (χ4n) is 7.50. The topological polar surface area (TPSA) is 129 Å². The van der Waals surface area contributed by atoms with Gasteiger partial charge in [0.05, 0.1) is 37.0 Å². The lowest BCUT2D eigenvalue weighted by molar-refractivity contribution is -0.137. The van der Waals surface area contributed by atoms with Crippen LogP contribution < -0.4 is 24.8 Å². The number of para-hydroxylation sites is 4. The number of aliphatic hydroxyl groups is 1. The van der Waals surface area contributed by atoms with Crippen molar-refractivity contribution in [2.75, 3.05) is 46.0 Å². The Morgan fingerprint density at radius 3 is 1.17 bits per heavy atom. The molecular weight excluding hydrogens is 1250 g/mol. The van der Waals surface area contributed by atoms with Crippen molar-refractivity contribution in [3.05, 3.63) is 287 Å². The minimum atomic E-state index is -4.23. The molecule has 0 amide bonds. The molecule has 0 atom stereocenters. The zero-order chi connectivity index (χ0) is 73.5. The molecule has 528 valence electrons. The SMILES string of the molecule is CC.CC.CC.CC(C)c1ccc(C(F)(F)F)cc1.CC(C)c1ccc(O)cc1Cl.CC(C)c1cccc(CO)c1.CC(C)c1ccccc1.CC(C)c1ccccc1.CNS(=O)(=O)c1ccccc1.CNc1ccccc1.CNc1ccccc1OC.COc1ccccc1. The van der Waals surface area contributed by atoms with Crippen LogP contribution in [0.2, 0.25) is 5.02 Å². The molecule has 0 aliphatic carbocycles. The van der Waals surface area contributed by atoms with E-state index in [-0.39, 0.29) is 18.3 Å². The van der Waals surface area contributed by atoms with Gasteiger partial charge in [-0.3, -0.25) is 0 Å². The third kappa shape index (κ3) is 42.4. The third-order valence-corrected chi connectivity index (χ3v) is 14.7. The Morgan fingerprint density at radius 2 is 0.844 bits per heavy atom. The quantitative estimate of drug-likeness (QED) is 0.0818. The first-order valence-electron chi connectivity index (χ1n) is 32.8. The van der Waals surface area contributed by atoms with Gasteiger partial charge in [0.15, 0.2) is 0 Å². The maximum absolute atomic E-state index is 12.1. The number of aromatic hydroxyl groups is 1. The van der Waals surface area contributed by atoms with Crippen molar-refractivity contribution >= 4 is 33.0 Å². The molecule has 9 rings (SSSR count). The number of anilines is 2. The second-order valence-corrected chi connectivity index (χ2v) is 23.7. The van der Waals surface area contributed by atoms with Crippen molar-refractivity contribution in [1.29, 1.82) is 0 Å². The van der Waals surface area contributed by atoms with Crippen molar-refractivity contribution in [3.8, 4) is 17.2 Å². The van der Waals surface area contributed by atoms with Crippen LogP contribution in [0.4, 0.5) is 24.5 Å². The summed E-state index contributed by atoms with van der Waals surface area (Å²) in [6.07, 6.45) is -4.23. The van der Waals surface area contributed by atoms with Crippen LogP contribution in [0.5, 0.6) is 17.2 Å². The lowest BCUT2D eigenvalue weighted by Crippen LogP contribution is -2.18. The van der Waals surface area contributed by atoms with E-state index in [1.54, 1.807) is 56.7 Å². The van der Waals surface area contributed by atoms with Gasteiger partial charge in [0.25, 0.3) is 0 Å². The van der Waals surface area contributed by atoms with Crippen molar-refractivity contribution in [1.82, 2.24) is 4.72 Å².